The number of aromatic nitrogens is 4. The normalized spacial score (nSPS) is 14.5. The van der Waals surface area contributed by atoms with E-state index in [0.29, 0.717) is 45.9 Å². The maximum Gasteiger partial charge on any atom is 0.260 e. The van der Waals surface area contributed by atoms with Crippen molar-refractivity contribution in [3.8, 4) is 0 Å². The molecule has 5 rings (SSSR count). The van der Waals surface area contributed by atoms with E-state index in [-0.39, 0.29) is 16.9 Å². The first-order chi connectivity index (χ1) is 16.8. The number of hydrazone groups is 1. The molecule has 0 spiro atoms. The number of nitrogen functional groups attached to an aromatic ring is 1. The largest absolute Gasteiger partial charge is 0.381 e. The molecule has 0 unspecified atom stereocenters. The van der Waals surface area contributed by atoms with Crippen LogP contribution in [0.15, 0.2) is 52.6 Å². The van der Waals surface area contributed by atoms with Crippen LogP contribution in [-0.2, 0) is 6.54 Å². The number of halogens is 1. The number of hydrogen-bond acceptors (Lipinski definition) is 9. The summed E-state index contributed by atoms with van der Waals surface area (Å²) in [4.78, 5) is 31.0. The summed E-state index contributed by atoms with van der Waals surface area (Å²) < 4.78 is 3.06. The van der Waals surface area contributed by atoms with Crippen molar-refractivity contribution in [2.45, 2.75) is 25.9 Å². The molecule has 3 aromatic heterocycles. The van der Waals surface area contributed by atoms with Crippen LogP contribution < -0.4 is 27.6 Å². The second-order valence-corrected chi connectivity index (χ2v) is 8.56. The Morgan fingerprint density at radius 2 is 2.14 bits per heavy atom. The number of carbonyl (C=O) groups is 1. The summed E-state index contributed by atoms with van der Waals surface area (Å²) in [6.45, 7) is 2.12. The first-order valence-electron chi connectivity index (χ1n) is 10.9. The molecule has 1 aliphatic rings. The molecule has 4 aromatic rings. The zero-order valence-electron chi connectivity index (χ0n) is 19.0. The lowest BCUT2D eigenvalue weighted by Crippen LogP contribution is -2.38. The number of nitrogens with two attached hydrogens (primary N) is 1. The summed E-state index contributed by atoms with van der Waals surface area (Å²) in [5, 5.41) is 14.3. The van der Waals surface area contributed by atoms with Crippen molar-refractivity contribution in [2.75, 3.05) is 12.8 Å². The molecular formula is C22H23ClN10O2. The summed E-state index contributed by atoms with van der Waals surface area (Å²) in [6, 6.07) is 8.29. The van der Waals surface area contributed by atoms with Gasteiger partial charge in [-0.05, 0) is 30.5 Å². The quantitative estimate of drug-likeness (QED) is 0.315. The van der Waals surface area contributed by atoms with Gasteiger partial charge in [-0.25, -0.2) is 15.0 Å². The number of benzene rings is 1. The minimum Gasteiger partial charge on any atom is -0.381 e. The number of hydrogen-bond donors (Lipinski definition) is 4. The molecule has 1 atom stereocenters. The molecule has 1 amide bonds. The maximum absolute atomic E-state index is 13.5. The molecule has 0 saturated heterocycles. The molecule has 0 bridgehead atoms. The van der Waals surface area contributed by atoms with Crippen molar-refractivity contribution >= 4 is 45.6 Å². The van der Waals surface area contributed by atoms with Crippen molar-refractivity contribution in [2.24, 2.45) is 5.10 Å². The van der Waals surface area contributed by atoms with Gasteiger partial charge >= 0.3 is 0 Å². The number of nitrogens with zero attached hydrogens (tertiary/aromatic N) is 6. The van der Waals surface area contributed by atoms with Crippen LogP contribution in [-0.4, -0.2) is 43.1 Å². The van der Waals surface area contributed by atoms with E-state index in [0.717, 1.165) is 0 Å². The number of amidine groups is 1. The minimum atomic E-state index is -0.545. The Morgan fingerprint density at radius 3 is 2.91 bits per heavy atom. The van der Waals surface area contributed by atoms with Crippen LogP contribution in [0.4, 0.5) is 5.82 Å². The third-order valence-electron chi connectivity index (χ3n) is 5.76. The topological polar surface area (TPSA) is 147 Å². The fourth-order valence-electron chi connectivity index (χ4n) is 4.14. The van der Waals surface area contributed by atoms with Gasteiger partial charge < -0.3 is 15.6 Å². The highest BCUT2D eigenvalue weighted by Crippen LogP contribution is 2.24. The van der Waals surface area contributed by atoms with Gasteiger partial charge in [0.25, 0.3) is 11.5 Å². The van der Waals surface area contributed by atoms with Crippen LogP contribution in [0.1, 0.15) is 35.4 Å². The fraction of sp³-hybridized carbons (Fsp3) is 0.227. The Hall–Kier alpha value is -4.16. The standard InChI is InChI=1S/C22H23ClN10O2/c1-12(26-21(34)18-19(24)29-33-9-4-8-25-20(18)33)15-11-13-5-3-6-14(23)17(13)22(35)32(15)10-7-16-27-30-31(2)28-16/h3-6,8-9,11-12,30H,7,10H2,1-2H3,(H2,24,29)(H,26,34)(H,27,28)/t12-/m0/s1. The maximum atomic E-state index is 13.5. The molecular weight excluding hydrogens is 472 g/mol. The van der Waals surface area contributed by atoms with Crippen molar-refractivity contribution < 1.29 is 4.79 Å². The Morgan fingerprint density at radius 1 is 1.31 bits per heavy atom. The van der Waals surface area contributed by atoms with Crippen LogP contribution in [0.3, 0.4) is 0 Å². The van der Waals surface area contributed by atoms with Crippen molar-refractivity contribution in [1.82, 2.24) is 40.6 Å². The molecule has 12 nitrogen and oxygen atoms in total. The minimum absolute atomic E-state index is 0.0676. The molecule has 4 heterocycles. The Labute approximate surface area is 204 Å². The van der Waals surface area contributed by atoms with Gasteiger partial charge in [0.1, 0.15) is 11.4 Å². The summed E-state index contributed by atoms with van der Waals surface area (Å²) in [6.07, 6.45) is 3.68. The lowest BCUT2D eigenvalue weighted by Gasteiger charge is -2.21. The van der Waals surface area contributed by atoms with Gasteiger partial charge in [0.2, 0.25) is 0 Å². The van der Waals surface area contributed by atoms with Crippen molar-refractivity contribution in [1.29, 1.82) is 0 Å². The number of anilines is 1. The van der Waals surface area contributed by atoms with Crippen molar-refractivity contribution in [3.63, 3.8) is 0 Å². The predicted octanol–water partition coefficient (Wildman–Crippen LogP) is 1.43. The summed E-state index contributed by atoms with van der Waals surface area (Å²) in [7, 11) is 1.78. The molecule has 0 saturated carbocycles. The second-order valence-electron chi connectivity index (χ2n) is 8.15. The Kier molecular flexibility index (Phi) is 5.75. The number of pyridine rings is 1. The van der Waals surface area contributed by atoms with Crippen LogP contribution in [0.25, 0.3) is 16.4 Å². The summed E-state index contributed by atoms with van der Waals surface area (Å²) >= 11 is 6.37. The van der Waals surface area contributed by atoms with Crippen molar-refractivity contribution in [3.05, 3.63) is 69.4 Å². The number of hydrazine groups is 2. The van der Waals surface area contributed by atoms with Crippen LogP contribution in [0.5, 0.6) is 0 Å². The molecule has 0 fully saturated rings. The van der Waals surface area contributed by atoms with Gasteiger partial charge in [0.05, 0.1) is 16.5 Å². The SMILES string of the molecule is C[C@H](NC(=O)c1c(N)nn2cccnc12)c1cc2cccc(Cl)c2c(=O)n1CCC1=NNN(C)N1. The molecule has 0 aliphatic carbocycles. The first kappa shape index (κ1) is 22.6. The van der Waals surface area contributed by atoms with Gasteiger partial charge in [-0.3, -0.25) is 15.0 Å². The fourth-order valence-corrected chi connectivity index (χ4v) is 4.40. The number of fused-ring (bicyclic) bond motifs is 2. The highest BCUT2D eigenvalue weighted by Gasteiger charge is 2.23. The lowest BCUT2D eigenvalue weighted by molar-refractivity contribution is 0.0940. The zero-order valence-corrected chi connectivity index (χ0v) is 19.7. The third kappa shape index (κ3) is 4.13. The van der Waals surface area contributed by atoms with Crippen LogP contribution >= 0.6 is 11.6 Å². The van der Waals surface area contributed by atoms with E-state index in [1.54, 1.807) is 54.2 Å². The van der Waals surface area contributed by atoms with Crippen LogP contribution in [0, 0.1) is 0 Å². The zero-order chi connectivity index (χ0) is 24.7. The van der Waals surface area contributed by atoms with E-state index in [4.69, 9.17) is 17.3 Å². The van der Waals surface area contributed by atoms with Gasteiger partial charge in [-0.15, -0.1) is 15.3 Å². The van der Waals surface area contributed by atoms with Gasteiger partial charge in [0.15, 0.2) is 11.5 Å². The van der Waals surface area contributed by atoms with E-state index in [1.807, 2.05) is 12.1 Å². The number of carbonyl (C=O) groups excluding carboxylic acids is 1. The highest BCUT2D eigenvalue weighted by molar-refractivity contribution is 6.35. The van der Waals surface area contributed by atoms with E-state index < -0.39 is 11.9 Å². The molecule has 35 heavy (non-hydrogen) atoms. The predicted molar refractivity (Wildman–Crippen MR) is 133 cm³/mol. The third-order valence-corrected chi connectivity index (χ3v) is 6.08. The Balaban J connectivity index is 1.52. The molecule has 0 radical (unpaired) electrons. The van der Waals surface area contributed by atoms with E-state index >= 15 is 0 Å². The first-order valence-corrected chi connectivity index (χ1v) is 11.3. The summed E-state index contributed by atoms with van der Waals surface area (Å²) in [5.41, 5.74) is 12.7. The highest BCUT2D eigenvalue weighted by atomic mass is 35.5. The van der Waals surface area contributed by atoms with Gasteiger partial charge in [-0.1, -0.05) is 23.7 Å². The lowest BCUT2D eigenvalue weighted by atomic mass is 10.1. The Bertz CT molecular complexity index is 1540. The molecule has 180 valence electrons. The van der Waals surface area contributed by atoms with Gasteiger partial charge in [-0.2, -0.15) is 0 Å². The van der Waals surface area contributed by atoms with E-state index in [1.165, 1.54) is 4.52 Å². The molecule has 5 N–H and O–H groups in total. The van der Waals surface area contributed by atoms with Crippen LogP contribution in [0.2, 0.25) is 5.02 Å². The molecule has 1 aliphatic heterocycles. The second kappa shape index (κ2) is 8.89. The van der Waals surface area contributed by atoms with Gasteiger partial charge in [0, 0.05) is 38.1 Å². The smallest absolute Gasteiger partial charge is 0.260 e. The monoisotopic (exact) mass is 494 g/mol. The van der Waals surface area contributed by atoms with E-state index in [9.17, 15) is 9.59 Å². The molecule has 13 heteroatoms. The average molecular weight is 495 g/mol. The summed E-state index contributed by atoms with van der Waals surface area (Å²) in [5.74, 6) is 0.297. The number of nitrogens with one attached hydrogen (secondary N) is 3. The molecule has 1 aromatic carbocycles. The number of rotatable bonds is 6. The van der Waals surface area contributed by atoms with E-state index in [2.05, 4.69) is 31.5 Å². The average Bonchev–Trinajstić information content (AvgIpc) is 3.39. The number of amides is 1.